The lowest BCUT2D eigenvalue weighted by molar-refractivity contribution is -0.132. The summed E-state index contributed by atoms with van der Waals surface area (Å²) in [6, 6.07) is 5.68. The van der Waals surface area contributed by atoms with Crippen LogP contribution < -0.4 is 9.47 Å². The molecule has 1 atom stereocenters. The largest absolute Gasteiger partial charge is 0.490 e. The average molecular weight is 319 g/mol. The van der Waals surface area contributed by atoms with Crippen LogP contribution in [0.4, 0.5) is 0 Å². The van der Waals surface area contributed by atoms with Crippen LogP contribution in [0.15, 0.2) is 24.3 Å². The Bertz CT molecular complexity index is 556. The molecule has 1 saturated heterocycles. The number of benzene rings is 1. The first kappa shape index (κ1) is 17.3. The Hall–Kier alpha value is -2.01. The molecule has 2 rings (SSSR count). The highest BCUT2D eigenvalue weighted by atomic mass is 16.5. The van der Waals surface area contributed by atoms with Crippen molar-refractivity contribution in [3.63, 3.8) is 0 Å². The molecule has 5 nitrogen and oxygen atoms in total. The maximum atomic E-state index is 12.2. The van der Waals surface area contributed by atoms with E-state index >= 15 is 0 Å². The Morgan fingerprint density at radius 2 is 2.04 bits per heavy atom. The molecule has 1 aliphatic rings. The van der Waals surface area contributed by atoms with Crippen molar-refractivity contribution in [2.75, 3.05) is 32.9 Å². The topological polar surface area (TPSA) is 48.0 Å². The molecule has 1 heterocycles. The summed E-state index contributed by atoms with van der Waals surface area (Å²) in [6.45, 7) is 8.87. The molecule has 1 amide bonds. The van der Waals surface area contributed by atoms with E-state index in [2.05, 4.69) is 0 Å². The van der Waals surface area contributed by atoms with Crippen molar-refractivity contribution in [2.24, 2.45) is 0 Å². The van der Waals surface area contributed by atoms with Gasteiger partial charge in [0, 0.05) is 19.2 Å². The molecule has 23 heavy (non-hydrogen) atoms. The molecule has 0 aromatic heterocycles. The van der Waals surface area contributed by atoms with Crippen LogP contribution in [0.1, 0.15) is 26.3 Å². The molecule has 126 valence electrons. The van der Waals surface area contributed by atoms with Gasteiger partial charge in [-0.15, -0.1) is 0 Å². The van der Waals surface area contributed by atoms with Gasteiger partial charge < -0.3 is 19.1 Å². The highest BCUT2D eigenvalue weighted by Crippen LogP contribution is 2.29. The van der Waals surface area contributed by atoms with Crippen LogP contribution in [0.2, 0.25) is 0 Å². The van der Waals surface area contributed by atoms with Crippen LogP contribution in [0.3, 0.4) is 0 Å². The van der Waals surface area contributed by atoms with E-state index in [1.54, 1.807) is 12.2 Å². The van der Waals surface area contributed by atoms with E-state index in [0.29, 0.717) is 38.7 Å². The van der Waals surface area contributed by atoms with Gasteiger partial charge in [0.1, 0.15) is 0 Å². The second-order valence-corrected chi connectivity index (χ2v) is 5.37. The summed E-state index contributed by atoms with van der Waals surface area (Å²) in [5, 5.41) is 0. The van der Waals surface area contributed by atoms with Gasteiger partial charge in [-0.3, -0.25) is 4.79 Å². The van der Waals surface area contributed by atoms with E-state index in [1.165, 1.54) is 0 Å². The normalized spacial score (nSPS) is 18.2. The van der Waals surface area contributed by atoms with E-state index in [-0.39, 0.29) is 12.0 Å². The molecule has 0 bridgehead atoms. The lowest BCUT2D eigenvalue weighted by Gasteiger charge is -2.30. The molecule has 1 fully saturated rings. The number of ether oxygens (including phenoxy) is 3. The smallest absolute Gasteiger partial charge is 0.246 e. The Labute approximate surface area is 137 Å². The summed E-state index contributed by atoms with van der Waals surface area (Å²) in [5.74, 6) is 1.43. The van der Waals surface area contributed by atoms with Crippen molar-refractivity contribution in [3.05, 3.63) is 29.8 Å². The van der Waals surface area contributed by atoms with Crippen LogP contribution in [-0.4, -0.2) is 49.8 Å². The van der Waals surface area contributed by atoms with Crippen molar-refractivity contribution < 1.29 is 19.0 Å². The van der Waals surface area contributed by atoms with Crippen LogP contribution in [0.25, 0.3) is 6.08 Å². The standard InChI is InChI=1S/C18H25NO4/c1-4-21-16-8-6-15(12-17(16)22-5-2)7-9-18(20)19-10-11-23-14(3)13-19/h6-9,12,14H,4-5,10-11,13H2,1-3H3/b9-7+. The van der Waals surface area contributed by atoms with Gasteiger partial charge in [0.2, 0.25) is 5.91 Å². The zero-order valence-corrected chi connectivity index (χ0v) is 14.1. The van der Waals surface area contributed by atoms with Crippen molar-refractivity contribution in [1.82, 2.24) is 4.90 Å². The fraction of sp³-hybridized carbons (Fsp3) is 0.500. The summed E-state index contributed by atoms with van der Waals surface area (Å²) in [5.41, 5.74) is 0.909. The molecular formula is C18H25NO4. The van der Waals surface area contributed by atoms with Crippen LogP contribution >= 0.6 is 0 Å². The van der Waals surface area contributed by atoms with Crippen molar-refractivity contribution in [2.45, 2.75) is 26.9 Å². The molecule has 1 unspecified atom stereocenters. The van der Waals surface area contributed by atoms with Gasteiger partial charge in [-0.2, -0.15) is 0 Å². The molecule has 0 N–H and O–H groups in total. The highest BCUT2D eigenvalue weighted by Gasteiger charge is 2.19. The summed E-state index contributed by atoms with van der Waals surface area (Å²) >= 11 is 0. The molecule has 0 aliphatic carbocycles. The number of rotatable bonds is 6. The Kier molecular flexibility index (Phi) is 6.47. The second kappa shape index (κ2) is 8.58. The van der Waals surface area contributed by atoms with Crippen LogP contribution in [0, 0.1) is 0 Å². The van der Waals surface area contributed by atoms with Crippen molar-refractivity contribution in [1.29, 1.82) is 0 Å². The molecule has 1 aliphatic heterocycles. The quantitative estimate of drug-likeness (QED) is 0.757. The van der Waals surface area contributed by atoms with E-state index in [4.69, 9.17) is 14.2 Å². The van der Waals surface area contributed by atoms with Gasteiger partial charge in [0.25, 0.3) is 0 Å². The monoisotopic (exact) mass is 319 g/mol. The zero-order chi connectivity index (χ0) is 16.7. The van der Waals surface area contributed by atoms with Gasteiger partial charge in [-0.1, -0.05) is 6.07 Å². The van der Waals surface area contributed by atoms with Gasteiger partial charge in [0.15, 0.2) is 11.5 Å². The average Bonchev–Trinajstić information content (AvgIpc) is 2.55. The predicted octanol–water partition coefficient (Wildman–Crippen LogP) is 2.74. The van der Waals surface area contributed by atoms with E-state index in [9.17, 15) is 4.79 Å². The Balaban J connectivity index is 2.06. The summed E-state index contributed by atoms with van der Waals surface area (Å²) in [4.78, 5) is 14.0. The van der Waals surface area contributed by atoms with Crippen molar-refractivity contribution >= 4 is 12.0 Å². The minimum atomic E-state index is 0.00648. The first-order chi connectivity index (χ1) is 11.1. The number of hydrogen-bond acceptors (Lipinski definition) is 4. The Morgan fingerprint density at radius 3 is 2.74 bits per heavy atom. The molecule has 0 radical (unpaired) electrons. The minimum Gasteiger partial charge on any atom is -0.490 e. The number of nitrogens with zero attached hydrogens (tertiary/aromatic N) is 1. The molecular weight excluding hydrogens is 294 g/mol. The number of carbonyl (C=O) groups excluding carboxylic acids is 1. The Morgan fingerprint density at radius 1 is 1.30 bits per heavy atom. The number of morpholine rings is 1. The highest BCUT2D eigenvalue weighted by molar-refractivity contribution is 5.92. The maximum Gasteiger partial charge on any atom is 0.246 e. The lowest BCUT2D eigenvalue weighted by atomic mass is 10.1. The van der Waals surface area contributed by atoms with Crippen LogP contribution in [-0.2, 0) is 9.53 Å². The molecule has 0 saturated carbocycles. The summed E-state index contributed by atoms with van der Waals surface area (Å²) in [7, 11) is 0. The van der Waals surface area contributed by atoms with Crippen LogP contribution in [0.5, 0.6) is 11.5 Å². The molecule has 1 aromatic rings. The second-order valence-electron chi connectivity index (χ2n) is 5.37. The van der Waals surface area contributed by atoms with Crippen molar-refractivity contribution in [3.8, 4) is 11.5 Å². The predicted molar refractivity (Wildman–Crippen MR) is 89.8 cm³/mol. The van der Waals surface area contributed by atoms with Gasteiger partial charge in [-0.05, 0) is 44.5 Å². The lowest BCUT2D eigenvalue weighted by Crippen LogP contribution is -2.43. The fourth-order valence-electron chi connectivity index (χ4n) is 2.46. The van der Waals surface area contributed by atoms with E-state index in [0.717, 1.165) is 11.3 Å². The number of hydrogen-bond donors (Lipinski definition) is 0. The summed E-state index contributed by atoms with van der Waals surface area (Å²) in [6.07, 6.45) is 3.50. The first-order valence-corrected chi connectivity index (χ1v) is 8.12. The van der Waals surface area contributed by atoms with Gasteiger partial charge in [-0.25, -0.2) is 0 Å². The fourth-order valence-corrected chi connectivity index (χ4v) is 2.46. The van der Waals surface area contributed by atoms with E-state index in [1.807, 2.05) is 43.9 Å². The SMILES string of the molecule is CCOc1ccc(/C=C/C(=O)N2CCOC(C)C2)cc1OCC. The molecule has 1 aromatic carbocycles. The number of carbonyl (C=O) groups is 1. The molecule has 5 heteroatoms. The molecule has 0 spiro atoms. The third-order valence-corrected chi connectivity index (χ3v) is 3.54. The third kappa shape index (κ3) is 4.99. The zero-order valence-electron chi connectivity index (χ0n) is 14.1. The van der Waals surface area contributed by atoms with E-state index < -0.39 is 0 Å². The number of amides is 1. The minimum absolute atomic E-state index is 0.00648. The maximum absolute atomic E-state index is 12.2. The van der Waals surface area contributed by atoms with Gasteiger partial charge >= 0.3 is 0 Å². The summed E-state index contributed by atoms with van der Waals surface area (Å²) < 4.78 is 16.6. The third-order valence-electron chi connectivity index (χ3n) is 3.54. The first-order valence-electron chi connectivity index (χ1n) is 8.12. The van der Waals surface area contributed by atoms with Gasteiger partial charge in [0.05, 0.1) is 25.9 Å².